The Balaban J connectivity index is 2.14. The fraction of sp³-hybridized carbons (Fsp3) is 0.250. The van der Waals surface area contributed by atoms with Crippen LogP contribution in [0, 0.1) is 6.92 Å². The molecule has 0 aliphatic heterocycles. The molecule has 100 valence electrons. The summed E-state index contributed by atoms with van der Waals surface area (Å²) in [6, 6.07) is 14.1. The van der Waals surface area contributed by atoms with Crippen molar-refractivity contribution in [2.24, 2.45) is 0 Å². The molecule has 0 amide bonds. The van der Waals surface area contributed by atoms with E-state index in [1.54, 1.807) is 14.2 Å². The molecule has 0 unspecified atom stereocenters. The van der Waals surface area contributed by atoms with Crippen LogP contribution in [0.25, 0.3) is 0 Å². The zero-order chi connectivity index (χ0) is 13.7. The van der Waals surface area contributed by atoms with Crippen molar-refractivity contribution in [1.29, 1.82) is 0 Å². The summed E-state index contributed by atoms with van der Waals surface area (Å²) < 4.78 is 10.6. The molecule has 0 heterocycles. The maximum atomic E-state index is 5.36. The molecule has 0 saturated carbocycles. The lowest BCUT2D eigenvalue weighted by atomic mass is 10.1. The first kappa shape index (κ1) is 13.3. The van der Waals surface area contributed by atoms with Gasteiger partial charge in [0.2, 0.25) is 0 Å². The van der Waals surface area contributed by atoms with Gasteiger partial charge in [-0.25, -0.2) is 0 Å². The first-order chi connectivity index (χ1) is 9.22. The van der Waals surface area contributed by atoms with Gasteiger partial charge in [0.15, 0.2) is 0 Å². The summed E-state index contributed by atoms with van der Waals surface area (Å²) >= 11 is 0. The number of rotatable bonds is 5. The fourth-order valence-electron chi connectivity index (χ4n) is 1.97. The highest BCUT2D eigenvalue weighted by Gasteiger charge is 2.05. The average Bonchev–Trinajstić information content (AvgIpc) is 2.45. The van der Waals surface area contributed by atoms with Crippen LogP contribution in [0.3, 0.4) is 0 Å². The molecule has 0 spiro atoms. The lowest BCUT2D eigenvalue weighted by molar-refractivity contribution is 0.399. The van der Waals surface area contributed by atoms with Crippen LogP contribution in [-0.2, 0) is 6.54 Å². The van der Waals surface area contributed by atoms with Gasteiger partial charge in [-0.1, -0.05) is 12.1 Å². The third-order valence-electron chi connectivity index (χ3n) is 2.99. The first-order valence-corrected chi connectivity index (χ1v) is 6.24. The molecule has 2 aromatic carbocycles. The fourth-order valence-corrected chi connectivity index (χ4v) is 1.97. The molecule has 0 bridgehead atoms. The Morgan fingerprint density at radius 1 is 1.00 bits per heavy atom. The van der Waals surface area contributed by atoms with E-state index in [1.165, 1.54) is 5.56 Å². The predicted molar refractivity (Wildman–Crippen MR) is 78.1 cm³/mol. The SMILES string of the molecule is COc1ccc(OC)c(CNc2cccc(C)c2)c1. The van der Waals surface area contributed by atoms with Crippen LogP contribution in [0.15, 0.2) is 42.5 Å². The number of benzene rings is 2. The van der Waals surface area contributed by atoms with E-state index in [0.717, 1.165) is 22.7 Å². The number of hydrogen-bond donors (Lipinski definition) is 1. The third-order valence-corrected chi connectivity index (χ3v) is 2.99. The Bertz CT molecular complexity index is 552. The van der Waals surface area contributed by atoms with Crippen molar-refractivity contribution in [3.63, 3.8) is 0 Å². The standard InChI is InChI=1S/C16H19NO2/c1-12-5-4-6-14(9-12)17-11-13-10-15(18-2)7-8-16(13)19-3/h4-10,17H,11H2,1-3H3. The lowest BCUT2D eigenvalue weighted by Crippen LogP contribution is -2.02. The minimum atomic E-state index is 0.698. The van der Waals surface area contributed by atoms with E-state index in [-0.39, 0.29) is 0 Å². The maximum absolute atomic E-state index is 5.36. The van der Waals surface area contributed by atoms with Crippen molar-refractivity contribution in [3.8, 4) is 11.5 Å². The summed E-state index contributed by atoms with van der Waals surface area (Å²) in [5.74, 6) is 1.70. The molecular formula is C16H19NO2. The molecule has 3 nitrogen and oxygen atoms in total. The van der Waals surface area contributed by atoms with Crippen LogP contribution in [0.2, 0.25) is 0 Å². The summed E-state index contributed by atoms with van der Waals surface area (Å²) in [7, 11) is 3.34. The normalized spacial score (nSPS) is 10.1. The van der Waals surface area contributed by atoms with Crippen molar-refractivity contribution in [3.05, 3.63) is 53.6 Å². The van der Waals surface area contributed by atoms with Crippen LogP contribution >= 0.6 is 0 Å². The van der Waals surface area contributed by atoms with Gasteiger partial charge in [-0.2, -0.15) is 0 Å². The Morgan fingerprint density at radius 2 is 1.84 bits per heavy atom. The molecule has 2 aromatic rings. The smallest absolute Gasteiger partial charge is 0.124 e. The van der Waals surface area contributed by atoms with Gasteiger partial charge in [-0.3, -0.25) is 0 Å². The molecule has 0 radical (unpaired) electrons. The summed E-state index contributed by atoms with van der Waals surface area (Å²) in [4.78, 5) is 0. The first-order valence-electron chi connectivity index (χ1n) is 6.24. The topological polar surface area (TPSA) is 30.5 Å². The second-order valence-electron chi connectivity index (χ2n) is 4.40. The zero-order valence-corrected chi connectivity index (χ0v) is 11.6. The molecule has 1 N–H and O–H groups in total. The van der Waals surface area contributed by atoms with E-state index >= 15 is 0 Å². The minimum Gasteiger partial charge on any atom is -0.497 e. The molecular weight excluding hydrogens is 238 g/mol. The van der Waals surface area contributed by atoms with Gasteiger partial charge in [0.1, 0.15) is 11.5 Å². The van der Waals surface area contributed by atoms with Gasteiger partial charge < -0.3 is 14.8 Å². The molecule has 0 fully saturated rings. The van der Waals surface area contributed by atoms with Gasteiger partial charge in [0.25, 0.3) is 0 Å². The molecule has 0 atom stereocenters. The number of hydrogen-bond acceptors (Lipinski definition) is 3. The Kier molecular flexibility index (Phi) is 4.29. The van der Waals surface area contributed by atoms with Crippen molar-refractivity contribution in [1.82, 2.24) is 0 Å². The second-order valence-corrected chi connectivity index (χ2v) is 4.40. The largest absolute Gasteiger partial charge is 0.497 e. The van der Waals surface area contributed by atoms with E-state index in [4.69, 9.17) is 9.47 Å². The van der Waals surface area contributed by atoms with Crippen molar-refractivity contribution in [2.75, 3.05) is 19.5 Å². The molecule has 0 aromatic heterocycles. The van der Waals surface area contributed by atoms with Crippen LogP contribution in [0.4, 0.5) is 5.69 Å². The number of ether oxygens (including phenoxy) is 2. The average molecular weight is 257 g/mol. The summed E-state index contributed by atoms with van der Waals surface area (Å²) in [6.45, 7) is 2.78. The van der Waals surface area contributed by atoms with Gasteiger partial charge >= 0.3 is 0 Å². The molecule has 0 aliphatic carbocycles. The van der Waals surface area contributed by atoms with E-state index in [1.807, 2.05) is 24.3 Å². The molecule has 19 heavy (non-hydrogen) atoms. The third kappa shape index (κ3) is 3.41. The number of aryl methyl sites for hydroxylation is 1. The number of anilines is 1. The Labute approximate surface area is 114 Å². The quantitative estimate of drug-likeness (QED) is 0.887. The highest BCUT2D eigenvalue weighted by molar-refractivity contribution is 5.48. The van der Waals surface area contributed by atoms with E-state index in [2.05, 4.69) is 30.4 Å². The van der Waals surface area contributed by atoms with Crippen LogP contribution in [0.1, 0.15) is 11.1 Å². The molecule has 3 heteroatoms. The second kappa shape index (κ2) is 6.14. The van der Waals surface area contributed by atoms with E-state index < -0.39 is 0 Å². The Morgan fingerprint density at radius 3 is 2.53 bits per heavy atom. The Hall–Kier alpha value is -2.16. The maximum Gasteiger partial charge on any atom is 0.124 e. The van der Waals surface area contributed by atoms with E-state index in [9.17, 15) is 0 Å². The van der Waals surface area contributed by atoms with E-state index in [0.29, 0.717) is 6.54 Å². The van der Waals surface area contributed by atoms with Gasteiger partial charge in [-0.05, 0) is 42.8 Å². The van der Waals surface area contributed by atoms with Crippen molar-refractivity contribution in [2.45, 2.75) is 13.5 Å². The highest BCUT2D eigenvalue weighted by atomic mass is 16.5. The van der Waals surface area contributed by atoms with Gasteiger partial charge in [-0.15, -0.1) is 0 Å². The lowest BCUT2D eigenvalue weighted by Gasteiger charge is -2.12. The van der Waals surface area contributed by atoms with Crippen LogP contribution in [0.5, 0.6) is 11.5 Å². The van der Waals surface area contributed by atoms with Gasteiger partial charge in [0.05, 0.1) is 14.2 Å². The number of nitrogens with one attached hydrogen (secondary N) is 1. The molecule has 0 aliphatic rings. The summed E-state index contributed by atoms with van der Waals surface area (Å²) in [5, 5.41) is 3.39. The predicted octanol–water partition coefficient (Wildman–Crippen LogP) is 3.62. The monoisotopic (exact) mass is 257 g/mol. The summed E-state index contributed by atoms with van der Waals surface area (Å²) in [6.07, 6.45) is 0. The van der Waals surface area contributed by atoms with Gasteiger partial charge in [0, 0.05) is 17.8 Å². The molecule has 0 saturated heterocycles. The highest BCUT2D eigenvalue weighted by Crippen LogP contribution is 2.24. The van der Waals surface area contributed by atoms with Crippen LogP contribution in [-0.4, -0.2) is 14.2 Å². The summed E-state index contributed by atoms with van der Waals surface area (Å²) in [5.41, 5.74) is 3.41. The number of methoxy groups -OCH3 is 2. The van der Waals surface area contributed by atoms with Crippen LogP contribution < -0.4 is 14.8 Å². The minimum absolute atomic E-state index is 0.698. The zero-order valence-electron chi connectivity index (χ0n) is 11.6. The van der Waals surface area contributed by atoms with Crippen molar-refractivity contribution < 1.29 is 9.47 Å². The molecule has 2 rings (SSSR count). The van der Waals surface area contributed by atoms with Crippen molar-refractivity contribution >= 4 is 5.69 Å².